The molecule has 0 aliphatic heterocycles. The van der Waals surface area contributed by atoms with Crippen LogP contribution in [0.3, 0.4) is 0 Å². The average molecular weight is 252 g/mol. The zero-order chi connectivity index (χ0) is 13.5. The summed E-state index contributed by atoms with van der Waals surface area (Å²) in [4.78, 5) is 0. The number of hydrogen-bond donors (Lipinski definition) is 0. The fraction of sp³-hybridized carbons (Fsp3) is 0.222. The van der Waals surface area contributed by atoms with Gasteiger partial charge in [-0.2, -0.15) is 0 Å². The zero-order valence-electron chi connectivity index (χ0n) is 11.5. The maximum atomic E-state index is 5.66. The minimum atomic E-state index is 0.553. The monoisotopic (exact) mass is 252 g/mol. The Morgan fingerprint density at radius 1 is 0.842 bits per heavy atom. The van der Waals surface area contributed by atoms with Crippen molar-refractivity contribution in [2.45, 2.75) is 13.8 Å². The average Bonchev–Trinajstić information content (AvgIpc) is 2.45. The molecule has 1 nitrogen and oxygen atoms in total. The molecule has 1 heteroatoms. The molecule has 0 aliphatic rings. The first kappa shape index (κ1) is 13.4. The van der Waals surface area contributed by atoms with Crippen LogP contribution < -0.4 is 4.74 Å². The summed E-state index contributed by atoms with van der Waals surface area (Å²) >= 11 is 0. The van der Waals surface area contributed by atoms with Gasteiger partial charge in [0.2, 0.25) is 0 Å². The Kier molecular flexibility index (Phi) is 4.79. The summed E-state index contributed by atoms with van der Waals surface area (Å²) in [5.41, 5.74) is 2.39. The molecule has 0 radical (unpaired) electrons. The van der Waals surface area contributed by atoms with Crippen LogP contribution in [0.4, 0.5) is 0 Å². The Morgan fingerprint density at radius 3 is 2.00 bits per heavy atom. The van der Waals surface area contributed by atoms with Crippen LogP contribution in [0.2, 0.25) is 0 Å². The van der Waals surface area contributed by atoms with Gasteiger partial charge in [0, 0.05) is 0 Å². The van der Waals surface area contributed by atoms with Crippen molar-refractivity contribution in [2.24, 2.45) is 5.92 Å². The lowest BCUT2D eigenvalue weighted by Crippen LogP contribution is -2.04. The molecular weight excluding hydrogens is 232 g/mol. The molecule has 19 heavy (non-hydrogen) atoms. The first-order valence-electron chi connectivity index (χ1n) is 6.70. The highest BCUT2D eigenvalue weighted by Crippen LogP contribution is 2.15. The van der Waals surface area contributed by atoms with Crippen LogP contribution in [0, 0.1) is 5.92 Å². The van der Waals surface area contributed by atoms with Gasteiger partial charge in [-0.15, -0.1) is 0 Å². The summed E-state index contributed by atoms with van der Waals surface area (Å²) in [6, 6.07) is 18.5. The van der Waals surface area contributed by atoms with Crippen LogP contribution in [0.5, 0.6) is 5.75 Å². The van der Waals surface area contributed by atoms with E-state index in [1.807, 2.05) is 30.3 Å². The molecule has 0 saturated heterocycles. The third-order valence-electron chi connectivity index (χ3n) is 2.73. The molecule has 98 valence electrons. The molecule has 2 aromatic rings. The molecule has 2 aromatic carbocycles. The molecule has 0 N–H and O–H groups in total. The predicted molar refractivity (Wildman–Crippen MR) is 82.1 cm³/mol. The van der Waals surface area contributed by atoms with E-state index in [0.717, 1.165) is 12.4 Å². The number of rotatable bonds is 5. The SMILES string of the molecule is CC(C)COc1ccc(/C=C/c2ccccc2)cc1. The second kappa shape index (κ2) is 6.79. The molecule has 0 aliphatic carbocycles. The van der Waals surface area contributed by atoms with Crippen molar-refractivity contribution in [1.29, 1.82) is 0 Å². The molecule has 0 fully saturated rings. The minimum Gasteiger partial charge on any atom is -0.493 e. The van der Waals surface area contributed by atoms with Crippen molar-refractivity contribution < 1.29 is 4.74 Å². The van der Waals surface area contributed by atoms with Gasteiger partial charge >= 0.3 is 0 Å². The van der Waals surface area contributed by atoms with E-state index in [-0.39, 0.29) is 0 Å². The third kappa shape index (κ3) is 4.63. The molecule has 0 aromatic heterocycles. The number of ether oxygens (including phenoxy) is 1. The molecule has 2 rings (SSSR count). The van der Waals surface area contributed by atoms with Crippen molar-refractivity contribution in [3.63, 3.8) is 0 Å². The summed E-state index contributed by atoms with van der Waals surface area (Å²) in [6.45, 7) is 5.06. The fourth-order valence-corrected chi connectivity index (χ4v) is 1.69. The molecule has 0 saturated carbocycles. The standard InChI is InChI=1S/C18H20O/c1-15(2)14-19-18-12-10-17(11-13-18)9-8-16-6-4-3-5-7-16/h3-13,15H,14H2,1-2H3/b9-8+. The van der Waals surface area contributed by atoms with Crippen LogP contribution in [0.1, 0.15) is 25.0 Å². The Morgan fingerprint density at radius 2 is 1.42 bits per heavy atom. The molecule has 0 atom stereocenters. The highest BCUT2D eigenvalue weighted by molar-refractivity contribution is 5.69. The predicted octanol–water partition coefficient (Wildman–Crippen LogP) is 4.89. The lowest BCUT2D eigenvalue weighted by Gasteiger charge is -2.08. The van der Waals surface area contributed by atoms with Gasteiger partial charge in [-0.1, -0.05) is 68.5 Å². The lowest BCUT2D eigenvalue weighted by molar-refractivity contribution is 0.271. The topological polar surface area (TPSA) is 9.23 Å². The van der Waals surface area contributed by atoms with Gasteiger partial charge in [-0.25, -0.2) is 0 Å². The number of benzene rings is 2. The van der Waals surface area contributed by atoms with Gasteiger partial charge in [0.1, 0.15) is 5.75 Å². The summed E-state index contributed by atoms with van der Waals surface area (Å²) in [7, 11) is 0. The summed E-state index contributed by atoms with van der Waals surface area (Å²) in [5, 5.41) is 0. The molecule has 0 bridgehead atoms. The van der Waals surface area contributed by atoms with Crippen molar-refractivity contribution in [1.82, 2.24) is 0 Å². The van der Waals surface area contributed by atoms with Crippen LogP contribution in [-0.4, -0.2) is 6.61 Å². The van der Waals surface area contributed by atoms with Gasteiger partial charge < -0.3 is 4.74 Å². The van der Waals surface area contributed by atoms with E-state index in [0.29, 0.717) is 5.92 Å². The van der Waals surface area contributed by atoms with Gasteiger partial charge in [0.05, 0.1) is 6.61 Å². The smallest absolute Gasteiger partial charge is 0.119 e. The second-order valence-corrected chi connectivity index (χ2v) is 5.02. The van der Waals surface area contributed by atoms with Crippen LogP contribution >= 0.6 is 0 Å². The van der Waals surface area contributed by atoms with Gasteiger partial charge in [-0.3, -0.25) is 0 Å². The van der Waals surface area contributed by atoms with Gasteiger partial charge in [-0.05, 0) is 29.2 Å². The summed E-state index contributed by atoms with van der Waals surface area (Å²) < 4.78 is 5.66. The normalized spacial score (nSPS) is 11.1. The maximum absolute atomic E-state index is 5.66. The minimum absolute atomic E-state index is 0.553. The van der Waals surface area contributed by atoms with E-state index in [1.54, 1.807) is 0 Å². The Hall–Kier alpha value is -2.02. The van der Waals surface area contributed by atoms with E-state index < -0.39 is 0 Å². The van der Waals surface area contributed by atoms with Crippen LogP contribution in [0.15, 0.2) is 54.6 Å². The van der Waals surface area contributed by atoms with Crippen molar-refractivity contribution in [3.8, 4) is 5.75 Å². The summed E-state index contributed by atoms with van der Waals surface area (Å²) in [5.74, 6) is 1.49. The van der Waals surface area contributed by atoms with Gasteiger partial charge in [0.25, 0.3) is 0 Å². The molecule has 0 heterocycles. The quantitative estimate of drug-likeness (QED) is 0.688. The number of hydrogen-bond acceptors (Lipinski definition) is 1. The Balaban J connectivity index is 1.97. The third-order valence-corrected chi connectivity index (χ3v) is 2.73. The van der Waals surface area contributed by atoms with Gasteiger partial charge in [0.15, 0.2) is 0 Å². The summed E-state index contributed by atoms with van der Waals surface area (Å²) in [6.07, 6.45) is 4.23. The largest absolute Gasteiger partial charge is 0.493 e. The molecular formula is C18H20O. The second-order valence-electron chi connectivity index (χ2n) is 5.02. The zero-order valence-corrected chi connectivity index (χ0v) is 11.5. The first-order chi connectivity index (χ1) is 9.24. The molecule has 0 spiro atoms. The van der Waals surface area contributed by atoms with Crippen molar-refractivity contribution in [3.05, 3.63) is 65.7 Å². The molecule has 0 unspecified atom stereocenters. The van der Waals surface area contributed by atoms with E-state index >= 15 is 0 Å². The van der Waals surface area contributed by atoms with E-state index in [2.05, 4.69) is 50.3 Å². The van der Waals surface area contributed by atoms with Crippen LogP contribution in [-0.2, 0) is 0 Å². The van der Waals surface area contributed by atoms with Crippen molar-refractivity contribution >= 4 is 12.2 Å². The van der Waals surface area contributed by atoms with E-state index in [1.165, 1.54) is 11.1 Å². The van der Waals surface area contributed by atoms with E-state index in [9.17, 15) is 0 Å². The van der Waals surface area contributed by atoms with E-state index in [4.69, 9.17) is 4.74 Å². The lowest BCUT2D eigenvalue weighted by atomic mass is 10.1. The Bertz CT molecular complexity index is 509. The highest BCUT2D eigenvalue weighted by Gasteiger charge is 1.96. The Labute approximate surface area is 115 Å². The van der Waals surface area contributed by atoms with Crippen LogP contribution in [0.25, 0.3) is 12.2 Å². The fourth-order valence-electron chi connectivity index (χ4n) is 1.69. The molecule has 0 amide bonds. The highest BCUT2D eigenvalue weighted by atomic mass is 16.5. The maximum Gasteiger partial charge on any atom is 0.119 e. The van der Waals surface area contributed by atoms with Crippen molar-refractivity contribution in [2.75, 3.05) is 6.61 Å². The first-order valence-corrected chi connectivity index (χ1v) is 6.70.